The van der Waals surface area contributed by atoms with Crippen LogP contribution in [0.5, 0.6) is 5.75 Å². The number of carbonyl (C=O) groups excluding carboxylic acids is 2. The molecule has 1 aliphatic heterocycles. The van der Waals surface area contributed by atoms with Crippen LogP contribution in [0.3, 0.4) is 0 Å². The Hall–Kier alpha value is -3.10. The van der Waals surface area contributed by atoms with Crippen molar-refractivity contribution in [1.29, 1.82) is 0 Å². The number of alkyl halides is 3. The molecule has 9 heteroatoms. The van der Waals surface area contributed by atoms with Gasteiger partial charge in [-0.2, -0.15) is 13.2 Å². The zero-order valence-corrected chi connectivity index (χ0v) is 14.7. The number of halogens is 4. The van der Waals surface area contributed by atoms with E-state index in [2.05, 4.69) is 10.1 Å². The molecule has 0 saturated carbocycles. The fourth-order valence-corrected chi connectivity index (χ4v) is 2.97. The first-order valence-corrected chi connectivity index (χ1v) is 8.28. The van der Waals surface area contributed by atoms with Crippen molar-refractivity contribution in [3.05, 3.63) is 65.5 Å². The number of ether oxygens (including phenoxy) is 1. The molecule has 3 rings (SSSR count). The van der Waals surface area contributed by atoms with Gasteiger partial charge in [0.1, 0.15) is 17.1 Å². The Balaban J connectivity index is 1.79. The second-order valence-corrected chi connectivity index (χ2v) is 6.48. The Morgan fingerprint density at radius 1 is 1.11 bits per heavy atom. The topological polar surface area (TPSA) is 58.6 Å². The molecule has 0 aliphatic carbocycles. The van der Waals surface area contributed by atoms with E-state index in [-0.39, 0.29) is 17.9 Å². The van der Waals surface area contributed by atoms with Gasteiger partial charge in [-0.15, -0.1) is 0 Å². The zero-order chi connectivity index (χ0) is 20.5. The third kappa shape index (κ3) is 3.92. The molecule has 0 radical (unpaired) electrons. The first-order chi connectivity index (χ1) is 13.1. The Morgan fingerprint density at radius 3 is 2.50 bits per heavy atom. The smallest absolute Gasteiger partial charge is 0.422 e. The van der Waals surface area contributed by atoms with Crippen molar-refractivity contribution in [2.75, 3.05) is 6.61 Å². The molecule has 1 N–H and O–H groups in total. The van der Waals surface area contributed by atoms with E-state index >= 15 is 0 Å². The Morgan fingerprint density at radius 2 is 1.82 bits per heavy atom. The van der Waals surface area contributed by atoms with Crippen LogP contribution in [0.25, 0.3) is 0 Å². The number of nitrogens with one attached hydrogen (secondary N) is 1. The predicted octanol–water partition coefficient (Wildman–Crippen LogP) is 3.73. The van der Waals surface area contributed by atoms with Crippen LogP contribution in [-0.4, -0.2) is 29.6 Å². The van der Waals surface area contributed by atoms with E-state index in [1.165, 1.54) is 43.3 Å². The van der Waals surface area contributed by atoms with Crippen LogP contribution >= 0.6 is 0 Å². The molecule has 2 aromatic rings. The normalized spacial score (nSPS) is 19.7. The van der Waals surface area contributed by atoms with Gasteiger partial charge in [0.2, 0.25) is 0 Å². The van der Waals surface area contributed by atoms with Crippen molar-refractivity contribution in [2.45, 2.75) is 25.2 Å². The average Bonchev–Trinajstić information content (AvgIpc) is 2.84. The van der Waals surface area contributed by atoms with Gasteiger partial charge >= 0.3 is 12.2 Å². The second-order valence-electron chi connectivity index (χ2n) is 6.48. The average molecular weight is 396 g/mol. The number of carbonyl (C=O) groups is 2. The molecule has 5 nitrogen and oxygen atoms in total. The number of hydrogen-bond donors (Lipinski definition) is 1. The van der Waals surface area contributed by atoms with Gasteiger partial charge in [0.05, 0.1) is 6.54 Å². The quantitative estimate of drug-likeness (QED) is 0.619. The third-order valence-electron chi connectivity index (χ3n) is 4.33. The number of imide groups is 1. The number of benzene rings is 2. The lowest BCUT2D eigenvalue weighted by atomic mass is 9.91. The Labute approximate surface area is 157 Å². The molecule has 1 atom stereocenters. The minimum Gasteiger partial charge on any atom is -0.484 e. The lowest BCUT2D eigenvalue weighted by Gasteiger charge is -2.22. The van der Waals surface area contributed by atoms with Crippen LogP contribution in [0, 0.1) is 5.82 Å². The van der Waals surface area contributed by atoms with Crippen molar-refractivity contribution in [2.24, 2.45) is 0 Å². The molecule has 3 amide bonds. The van der Waals surface area contributed by atoms with Crippen molar-refractivity contribution in [1.82, 2.24) is 10.2 Å². The molecule has 148 valence electrons. The van der Waals surface area contributed by atoms with Gasteiger partial charge in [0.15, 0.2) is 6.61 Å². The highest BCUT2D eigenvalue weighted by Crippen LogP contribution is 2.31. The summed E-state index contributed by atoms with van der Waals surface area (Å²) < 4.78 is 55.7. The minimum atomic E-state index is -4.48. The summed E-state index contributed by atoms with van der Waals surface area (Å²) in [6.07, 6.45) is -4.48. The maximum atomic E-state index is 14.1. The van der Waals surface area contributed by atoms with E-state index in [1.54, 1.807) is 12.1 Å². The third-order valence-corrected chi connectivity index (χ3v) is 4.33. The molecule has 0 bridgehead atoms. The summed E-state index contributed by atoms with van der Waals surface area (Å²) in [5.74, 6) is -1.34. The Bertz CT molecular complexity index is 916. The van der Waals surface area contributed by atoms with Gasteiger partial charge in [-0.05, 0) is 30.7 Å². The van der Waals surface area contributed by atoms with Gasteiger partial charge < -0.3 is 10.1 Å². The van der Waals surface area contributed by atoms with Gasteiger partial charge in [-0.3, -0.25) is 9.69 Å². The molecule has 1 heterocycles. The van der Waals surface area contributed by atoms with Crippen LogP contribution in [0.15, 0.2) is 48.5 Å². The molecule has 0 aromatic heterocycles. The summed E-state index contributed by atoms with van der Waals surface area (Å²) in [7, 11) is 0. The van der Waals surface area contributed by atoms with Crippen LogP contribution in [0.4, 0.5) is 22.4 Å². The molecular formula is C19H16F4N2O3. The van der Waals surface area contributed by atoms with Gasteiger partial charge in [0.25, 0.3) is 5.91 Å². The molecule has 1 unspecified atom stereocenters. The molecule has 1 saturated heterocycles. The number of hydrogen-bond acceptors (Lipinski definition) is 3. The van der Waals surface area contributed by atoms with Crippen LogP contribution in [0.2, 0.25) is 0 Å². The summed E-state index contributed by atoms with van der Waals surface area (Å²) in [5.41, 5.74) is -1.16. The molecule has 1 fully saturated rings. The highest BCUT2D eigenvalue weighted by Gasteiger charge is 2.50. The summed E-state index contributed by atoms with van der Waals surface area (Å²) in [4.78, 5) is 26.0. The zero-order valence-electron chi connectivity index (χ0n) is 14.7. The Kier molecular flexibility index (Phi) is 5.01. The predicted molar refractivity (Wildman–Crippen MR) is 90.8 cm³/mol. The van der Waals surface area contributed by atoms with Gasteiger partial charge in [-0.1, -0.05) is 30.3 Å². The van der Waals surface area contributed by atoms with Crippen molar-refractivity contribution >= 4 is 11.9 Å². The lowest BCUT2D eigenvalue weighted by Crippen LogP contribution is -2.41. The standard InChI is InChI=1S/C19H16F4N2O3/c1-18(14-7-2-3-8-15(14)20)16(26)25(17(27)24-18)10-12-5-4-6-13(9-12)28-11-19(21,22)23/h2-9H,10-11H2,1H3,(H,24,27). The summed E-state index contributed by atoms with van der Waals surface area (Å²) in [6.45, 7) is -0.253. The number of urea groups is 1. The highest BCUT2D eigenvalue weighted by molar-refractivity contribution is 6.07. The first kappa shape index (κ1) is 19.7. The largest absolute Gasteiger partial charge is 0.484 e. The molecule has 2 aromatic carbocycles. The van der Waals surface area contributed by atoms with Gasteiger partial charge in [-0.25, -0.2) is 9.18 Å². The van der Waals surface area contributed by atoms with E-state index < -0.39 is 36.1 Å². The monoisotopic (exact) mass is 396 g/mol. The number of nitrogens with zero attached hydrogens (tertiary/aromatic N) is 1. The summed E-state index contributed by atoms with van der Waals surface area (Å²) >= 11 is 0. The van der Waals surface area contributed by atoms with E-state index in [1.807, 2.05) is 0 Å². The molecule has 1 aliphatic rings. The van der Waals surface area contributed by atoms with Crippen molar-refractivity contribution in [3.63, 3.8) is 0 Å². The maximum Gasteiger partial charge on any atom is 0.422 e. The first-order valence-electron chi connectivity index (χ1n) is 8.28. The fraction of sp³-hybridized carbons (Fsp3) is 0.263. The number of amides is 3. The summed E-state index contributed by atoms with van der Waals surface area (Å²) in [5, 5.41) is 2.48. The fourth-order valence-electron chi connectivity index (χ4n) is 2.97. The SMILES string of the molecule is CC1(c2ccccc2F)NC(=O)N(Cc2cccc(OCC(F)(F)F)c2)C1=O. The second kappa shape index (κ2) is 7.14. The van der Waals surface area contributed by atoms with E-state index in [9.17, 15) is 27.2 Å². The molecule has 28 heavy (non-hydrogen) atoms. The van der Waals surface area contributed by atoms with E-state index in [0.717, 1.165) is 4.90 Å². The van der Waals surface area contributed by atoms with Crippen molar-refractivity contribution < 1.29 is 31.9 Å². The lowest BCUT2D eigenvalue weighted by molar-refractivity contribution is -0.153. The highest BCUT2D eigenvalue weighted by atomic mass is 19.4. The van der Waals surface area contributed by atoms with Crippen molar-refractivity contribution in [3.8, 4) is 5.75 Å². The van der Waals surface area contributed by atoms with E-state index in [0.29, 0.717) is 5.56 Å². The minimum absolute atomic E-state index is 0.0260. The molecular weight excluding hydrogens is 380 g/mol. The van der Waals surface area contributed by atoms with Crippen LogP contribution in [-0.2, 0) is 16.9 Å². The maximum absolute atomic E-state index is 14.1. The summed E-state index contributed by atoms with van der Waals surface area (Å²) in [6, 6.07) is 10.5. The van der Waals surface area contributed by atoms with Gasteiger partial charge in [0, 0.05) is 5.56 Å². The van der Waals surface area contributed by atoms with Crippen LogP contribution in [0.1, 0.15) is 18.1 Å². The van der Waals surface area contributed by atoms with Crippen LogP contribution < -0.4 is 10.1 Å². The molecule has 0 spiro atoms. The van der Waals surface area contributed by atoms with E-state index in [4.69, 9.17) is 0 Å². The number of rotatable bonds is 5.